The zero-order valence-electron chi connectivity index (χ0n) is 21.9. The van der Waals surface area contributed by atoms with Crippen LogP contribution in [0.15, 0.2) is 36.4 Å². The summed E-state index contributed by atoms with van der Waals surface area (Å²) < 4.78 is 86.1. The van der Waals surface area contributed by atoms with E-state index in [0.717, 1.165) is 54.3 Å². The van der Waals surface area contributed by atoms with Gasteiger partial charge < -0.3 is 14.6 Å². The molecule has 218 valence electrons. The molecule has 2 aromatic carbocycles. The van der Waals surface area contributed by atoms with Gasteiger partial charge in [-0.2, -0.15) is 26.3 Å². The van der Waals surface area contributed by atoms with Gasteiger partial charge in [0.1, 0.15) is 17.1 Å². The van der Waals surface area contributed by atoms with Gasteiger partial charge in [-0.15, -0.1) is 0 Å². The van der Waals surface area contributed by atoms with E-state index < -0.39 is 35.4 Å². The molecule has 2 aromatic rings. The molecular formula is C26H31F6NO6. The van der Waals surface area contributed by atoms with Gasteiger partial charge in [0, 0.05) is 7.05 Å². The fourth-order valence-electron chi connectivity index (χ4n) is 2.89. The summed E-state index contributed by atoms with van der Waals surface area (Å²) in [5.74, 6) is -2.22. The number of hydrogen-bond acceptors (Lipinski definition) is 5. The van der Waals surface area contributed by atoms with E-state index in [-0.39, 0.29) is 35.8 Å². The van der Waals surface area contributed by atoms with Gasteiger partial charge >= 0.3 is 18.3 Å². The van der Waals surface area contributed by atoms with Crippen LogP contribution in [0.2, 0.25) is 0 Å². The number of ether oxygens (including phenoxy) is 2. The molecule has 7 nitrogen and oxygen atoms in total. The molecule has 0 saturated carbocycles. The number of carboxylic acid groups (broad SMARTS) is 1. The van der Waals surface area contributed by atoms with Crippen molar-refractivity contribution in [3.8, 4) is 11.5 Å². The molecule has 0 unspecified atom stereocenters. The summed E-state index contributed by atoms with van der Waals surface area (Å²) in [7, 11) is 2.66. The molecule has 0 aliphatic heterocycles. The van der Waals surface area contributed by atoms with Crippen LogP contribution in [0.5, 0.6) is 11.5 Å². The first-order valence-corrected chi connectivity index (χ1v) is 11.9. The molecule has 0 bridgehead atoms. The maximum absolute atomic E-state index is 12.7. The van der Waals surface area contributed by atoms with E-state index in [1.54, 1.807) is 0 Å². The third-order valence-corrected chi connectivity index (χ3v) is 5.15. The molecule has 0 radical (unpaired) electrons. The SMILES string of the molecule is CCCCOc1cc(C(F)(F)F)ccc1C(=O)N(C)OC.CCCCOc1cc(C(F)(F)F)ccc1C(=O)O. The minimum atomic E-state index is -4.51. The summed E-state index contributed by atoms with van der Waals surface area (Å²) in [5.41, 5.74) is -2.01. The highest BCUT2D eigenvalue weighted by atomic mass is 19.4. The molecule has 13 heteroatoms. The van der Waals surface area contributed by atoms with Crippen molar-refractivity contribution in [3.63, 3.8) is 0 Å². The minimum Gasteiger partial charge on any atom is -0.493 e. The van der Waals surface area contributed by atoms with E-state index in [9.17, 15) is 35.9 Å². The van der Waals surface area contributed by atoms with Crippen molar-refractivity contribution in [2.45, 2.75) is 51.9 Å². The maximum atomic E-state index is 12.7. The largest absolute Gasteiger partial charge is 0.493 e. The predicted molar refractivity (Wildman–Crippen MR) is 130 cm³/mol. The van der Waals surface area contributed by atoms with Gasteiger partial charge in [0.25, 0.3) is 5.91 Å². The average molecular weight is 568 g/mol. The Morgan fingerprint density at radius 1 is 0.795 bits per heavy atom. The van der Waals surface area contributed by atoms with Crippen LogP contribution >= 0.6 is 0 Å². The van der Waals surface area contributed by atoms with Crippen molar-refractivity contribution in [1.29, 1.82) is 0 Å². The fraction of sp³-hybridized carbons (Fsp3) is 0.462. The summed E-state index contributed by atoms with van der Waals surface area (Å²) in [6, 6.07) is 5.15. The van der Waals surface area contributed by atoms with Crippen molar-refractivity contribution in [3.05, 3.63) is 58.7 Å². The second kappa shape index (κ2) is 15.2. The molecule has 0 heterocycles. The standard InChI is InChI=1S/C14H18F3NO3.C12H13F3O3/c1-4-5-8-21-12-9-10(14(15,16)17)6-7-11(12)13(19)18(2)20-3;1-2-3-6-18-10-7-8(12(13,14)15)4-5-9(10)11(16)17/h6-7,9H,4-5,8H2,1-3H3;4-5,7H,2-3,6H2,1H3,(H,16,17). The molecule has 0 aromatic heterocycles. The first-order chi connectivity index (χ1) is 18.2. The zero-order chi connectivity index (χ0) is 29.8. The third-order valence-electron chi connectivity index (χ3n) is 5.15. The van der Waals surface area contributed by atoms with Crippen molar-refractivity contribution >= 4 is 11.9 Å². The second-order valence-electron chi connectivity index (χ2n) is 8.11. The lowest BCUT2D eigenvalue weighted by atomic mass is 10.1. The summed E-state index contributed by atoms with van der Waals surface area (Å²) in [6.07, 6.45) is -6.03. The number of rotatable bonds is 11. The van der Waals surface area contributed by atoms with E-state index in [4.69, 9.17) is 19.4 Å². The Kier molecular flexibility index (Phi) is 13.1. The predicted octanol–water partition coefficient (Wildman–Crippen LogP) is 7.10. The first kappa shape index (κ1) is 33.5. The lowest BCUT2D eigenvalue weighted by Crippen LogP contribution is -2.26. The van der Waals surface area contributed by atoms with Gasteiger partial charge in [0.05, 0.1) is 37.0 Å². The van der Waals surface area contributed by atoms with Crippen LogP contribution < -0.4 is 9.47 Å². The zero-order valence-corrected chi connectivity index (χ0v) is 21.9. The molecule has 39 heavy (non-hydrogen) atoms. The number of hydroxylamine groups is 2. The number of carboxylic acids is 1. The highest BCUT2D eigenvalue weighted by Gasteiger charge is 2.33. The molecule has 1 N–H and O–H groups in total. The topological polar surface area (TPSA) is 85.3 Å². The van der Waals surface area contributed by atoms with Gasteiger partial charge in [-0.05, 0) is 49.2 Å². The van der Waals surface area contributed by atoms with Crippen LogP contribution in [0.4, 0.5) is 26.3 Å². The van der Waals surface area contributed by atoms with Crippen molar-refractivity contribution in [2.24, 2.45) is 0 Å². The average Bonchev–Trinajstić information content (AvgIpc) is 2.87. The van der Waals surface area contributed by atoms with E-state index in [1.807, 2.05) is 13.8 Å². The van der Waals surface area contributed by atoms with E-state index in [1.165, 1.54) is 14.2 Å². The number of hydrogen-bond donors (Lipinski definition) is 1. The Morgan fingerprint density at radius 3 is 1.56 bits per heavy atom. The lowest BCUT2D eigenvalue weighted by Gasteiger charge is -2.18. The van der Waals surface area contributed by atoms with E-state index in [0.29, 0.717) is 12.8 Å². The lowest BCUT2D eigenvalue weighted by molar-refractivity contribution is -0.138. The second-order valence-corrected chi connectivity index (χ2v) is 8.11. The van der Waals surface area contributed by atoms with Crippen LogP contribution in [0.3, 0.4) is 0 Å². The Labute approximate surface area is 222 Å². The van der Waals surface area contributed by atoms with Crippen LogP contribution in [0.1, 0.15) is 71.4 Å². The number of carbonyl (C=O) groups excluding carboxylic acids is 1. The number of nitrogens with zero attached hydrogens (tertiary/aromatic N) is 1. The van der Waals surface area contributed by atoms with E-state index in [2.05, 4.69) is 0 Å². The Morgan fingerprint density at radius 2 is 1.21 bits per heavy atom. The molecule has 1 amide bonds. The van der Waals surface area contributed by atoms with Crippen LogP contribution in [-0.4, -0.2) is 49.4 Å². The smallest absolute Gasteiger partial charge is 0.416 e. The quantitative estimate of drug-likeness (QED) is 0.177. The fourth-order valence-corrected chi connectivity index (χ4v) is 2.89. The number of aromatic carboxylic acids is 1. The molecule has 0 spiro atoms. The molecule has 2 rings (SSSR count). The molecule has 0 fully saturated rings. The Balaban J connectivity index is 0.000000395. The summed E-state index contributed by atoms with van der Waals surface area (Å²) >= 11 is 0. The van der Waals surface area contributed by atoms with Gasteiger partial charge in [0.2, 0.25) is 0 Å². The molecular weight excluding hydrogens is 536 g/mol. The number of benzene rings is 2. The van der Waals surface area contributed by atoms with Crippen molar-refractivity contribution < 1.29 is 55.3 Å². The minimum absolute atomic E-state index is 0.0310. The number of alkyl halides is 6. The van der Waals surface area contributed by atoms with Gasteiger partial charge in [-0.1, -0.05) is 26.7 Å². The van der Waals surface area contributed by atoms with Crippen LogP contribution in [-0.2, 0) is 17.2 Å². The third kappa shape index (κ3) is 10.7. The number of amides is 1. The summed E-state index contributed by atoms with van der Waals surface area (Å²) in [6.45, 7) is 4.26. The molecule has 0 aliphatic carbocycles. The highest BCUT2D eigenvalue weighted by molar-refractivity contribution is 5.96. The highest BCUT2D eigenvalue weighted by Crippen LogP contribution is 2.34. The number of unbranched alkanes of at least 4 members (excludes halogenated alkanes) is 2. The molecule has 0 aliphatic rings. The van der Waals surface area contributed by atoms with Gasteiger partial charge in [-0.25, -0.2) is 9.86 Å². The van der Waals surface area contributed by atoms with Crippen LogP contribution in [0.25, 0.3) is 0 Å². The summed E-state index contributed by atoms with van der Waals surface area (Å²) in [4.78, 5) is 27.6. The molecule has 0 atom stereocenters. The van der Waals surface area contributed by atoms with E-state index >= 15 is 0 Å². The van der Waals surface area contributed by atoms with Crippen molar-refractivity contribution in [2.75, 3.05) is 27.4 Å². The van der Waals surface area contributed by atoms with Crippen molar-refractivity contribution in [1.82, 2.24) is 5.06 Å². The van der Waals surface area contributed by atoms with Gasteiger partial charge in [0.15, 0.2) is 0 Å². The maximum Gasteiger partial charge on any atom is 0.416 e. The van der Waals surface area contributed by atoms with Gasteiger partial charge in [-0.3, -0.25) is 9.63 Å². The number of halogens is 6. The Hall–Kier alpha value is -3.48. The monoisotopic (exact) mass is 567 g/mol. The first-order valence-electron chi connectivity index (χ1n) is 11.9. The Bertz CT molecular complexity index is 1090. The summed E-state index contributed by atoms with van der Waals surface area (Å²) in [5, 5.41) is 9.78. The molecule has 0 saturated heterocycles. The van der Waals surface area contributed by atoms with Crippen LogP contribution in [0, 0.1) is 0 Å². The normalized spacial score (nSPS) is 11.3. The number of carbonyl (C=O) groups is 2.